The van der Waals surface area contributed by atoms with Crippen molar-refractivity contribution in [2.75, 3.05) is 12.8 Å². The monoisotopic (exact) mass is 237 g/mol. The second-order valence-electron chi connectivity index (χ2n) is 4.56. The predicted molar refractivity (Wildman–Crippen MR) is 74.0 cm³/mol. The lowest BCUT2D eigenvalue weighted by Gasteiger charge is -2.05. The maximum absolute atomic E-state index is 3.16. The molecular weight excluding hydrogens is 214 g/mol. The van der Waals surface area contributed by atoms with Gasteiger partial charge in [-0.1, -0.05) is 32.4 Å². The van der Waals surface area contributed by atoms with Crippen molar-refractivity contribution in [3.05, 3.63) is 29.8 Å². The molecule has 0 aliphatic carbocycles. The Bertz CT molecular complexity index is 279. The van der Waals surface area contributed by atoms with Crippen LogP contribution in [0.1, 0.15) is 32.3 Å². The molecule has 1 rings (SSSR count). The summed E-state index contributed by atoms with van der Waals surface area (Å²) < 4.78 is 0. The fourth-order valence-corrected chi connectivity index (χ4v) is 2.46. The quantitative estimate of drug-likeness (QED) is 0.569. The first-order chi connectivity index (χ1) is 7.72. The maximum Gasteiger partial charge on any atom is 0.0202 e. The Hall–Kier alpha value is -0.470. The maximum atomic E-state index is 3.16. The summed E-state index contributed by atoms with van der Waals surface area (Å²) in [5.74, 6) is 2.07. The smallest absolute Gasteiger partial charge is 0.0202 e. The van der Waals surface area contributed by atoms with Gasteiger partial charge in [0.25, 0.3) is 0 Å². The van der Waals surface area contributed by atoms with Gasteiger partial charge in [-0.15, -0.1) is 11.8 Å². The molecule has 1 nitrogen and oxygen atoms in total. The number of hydrogen-bond donors (Lipinski definition) is 1. The predicted octanol–water partition coefficient (Wildman–Crippen LogP) is 3.93. The van der Waals surface area contributed by atoms with E-state index >= 15 is 0 Å². The first-order valence-electron chi connectivity index (χ1n) is 6.08. The topological polar surface area (TPSA) is 12.0 Å². The van der Waals surface area contributed by atoms with Gasteiger partial charge in [-0.2, -0.15) is 0 Å². The van der Waals surface area contributed by atoms with Crippen molar-refractivity contribution in [2.24, 2.45) is 5.92 Å². The van der Waals surface area contributed by atoms with Crippen LogP contribution in [-0.4, -0.2) is 12.8 Å². The third-order valence-electron chi connectivity index (χ3n) is 2.50. The van der Waals surface area contributed by atoms with E-state index in [4.69, 9.17) is 0 Å². The molecule has 0 aromatic heterocycles. The minimum absolute atomic E-state index is 0.832. The number of benzene rings is 1. The normalized spacial score (nSPS) is 11.0. The molecule has 2 heteroatoms. The van der Waals surface area contributed by atoms with Crippen LogP contribution >= 0.6 is 11.8 Å². The molecule has 0 aliphatic rings. The summed E-state index contributed by atoms with van der Waals surface area (Å²) in [7, 11) is 1.98. The highest BCUT2D eigenvalue weighted by Gasteiger charge is 1.97. The van der Waals surface area contributed by atoms with Gasteiger partial charge in [-0.3, -0.25) is 0 Å². The SMILES string of the molecule is CNCc1ccc(SCCCC(C)C)cc1. The van der Waals surface area contributed by atoms with Gasteiger partial charge in [0.1, 0.15) is 0 Å². The zero-order valence-electron chi connectivity index (χ0n) is 10.6. The van der Waals surface area contributed by atoms with Gasteiger partial charge in [0.2, 0.25) is 0 Å². The average Bonchev–Trinajstić information content (AvgIpc) is 2.27. The molecule has 1 N–H and O–H groups in total. The van der Waals surface area contributed by atoms with Gasteiger partial charge < -0.3 is 5.32 Å². The van der Waals surface area contributed by atoms with Crippen molar-refractivity contribution in [3.8, 4) is 0 Å². The third kappa shape index (κ3) is 5.57. The van der Waals surface area contributed by atoms with Crippen LogP contribution in [-0.2, 0) is 6.54 Å². The first-order valence-corrected chi connectivity index (χ1v) is 7.07. The second-order valence-corrected chi connectivity index (χ2v) is 5.73. The van der Waals surface area contributed by atoms with E-state index in [0.29, 0.717) is 0 Å². The molecule has 0 atom stereocenters. The van der Waals surface area contributed by atoms with Crippen molar-refractivity contribution in [1.82, 2.24) is 5.32 Å². The average molecular weight is 237 g/mol. The molecule has 0 bridgehead atoms. The van der Waals surface area contributed by atoms with Crippen LogP contribution in [0.15, 0.2) is 29.2 Å². The summed E-state index contributed by atoms with van der Waals surface area (Å²) in [6, 6.07) is 8.88. The molecule has 0 saturated heterocycles. The Kier molecular flexibility index (Phi) is 6.58. The van der Waals surface area contributed by atoms with Gasteiger partial charge in [0.15, 0.2) is 0 Å². The van der Waals surface area contributed by atoms with Crippen LogP contribution < -0.4 is 5.32 Å². The van der Waals surface area contributed by atoms with Gasteiger partial charge in [0, 0.05) is 11.4 Å². The van der Waals surface area contributed by atoms with E-state index in [1.165, 1.54) is 29.1 Å². The molecule has 0 amide bonds. The number of nitrogens with one attached hydrogen (secondary N) is 1. The molecule has 16 heavy (non-hydrogen) atoms. The van der Waals surface area contributed by atoms with Crippen LogP contribution in [0.25, 0.3) is 0 Å². The van der Waals surface area contributed by atoms with E-state index in [1.807, 2.05) is 18.8 Å². The van der Waals surface area contributed by atoms with Crippen LogP contribution in [0.4, 0.5) is 0 Å². The fraction of sp³-hybridized carbons (Fsp3) is 0.571. The molecule has 0 spiro atoms. The van der Waals surface area contributed by atoms with Crippen molar-refractivity contribution >= 4 is 11.8 Å². The van der Waals surface area contributed by atoms with Crippen LogP contribution in [0.5, 0.6) is 0 Å². The van der Waals surface area contributed by atoms with E-state index < -0.39 is 0 Å². The molecule has 0 radical (unpaired) electrons. The zero-order chi connectivity index (χ0) is 11.8. The minimum atomic E-state index is 0.832. The molecule has 0 heterocycles. The lowest BCUT2D eigenvalue weighted by Crippen LogP contribution is -2.04. The van der Waals surface area contributed by atoms with E-state index in [1.54, 1.807) is 0 Å². The van der Waals surface area contributed by atoms with Gasteiger partial charge >= 0.3 is 0 Å². The van der Waals surface area contributed by atoms with Crippen molar-refractivity contribution in [3.63, 3.8) is 0 Å². The highest BCUT2D eigenvalue weighted by atomic mass is 32.2. The largest absolute Gasteiger partial charge is 0.316 e. The second kappa shape index (κ2) is 7.75. The number of rotatable bonds is 7. The van der Waals surface area contributed by atoms with Crippen LogP contribution in [0, 0.1) is 5.92 Å². The van der Waals surface area contributed by atoms with E-state index in [-0.39, 0.29) is 0 Å². The van der Waals surface area contributed by atoms with Crippen molar-refractivity contribution < 1.29 is 0 Å². The third-order valence-corrected chi connectivity index (χ3v) is 3.60. The molecular formula is C14H23NS. The molecule has 0 unspecified atom stereocenters. The van der Waals surface area contributed by atoms with Gasteiger partial charge in [-0.25, -0.2) is 0 Å². The Morgan fingerprint density at radius 3 is 2.44 bits per heavy atom. The molecule has 0 saturated carbocycles. The highest BCUT2D eigenvalue weighted by molar-refractivity contribution is 7.99. The van der Waals surface area contributed by atoms with E-state index in [0.717, 1.165) is 12.5 Å². The van der Waals surface area contributed by atoms with Crippen LogP contribution in [0.3, 0.4) is 0 Å². The Morgan fingerprint density at radius 2 is 1.88 bits per heavy atom. The number of hydrogen-bond acceptors (Lipinski definition) is 2. The Morgan fingerprint density at radius 1 is 1.19 bits per heavy atom. The van der Waals surface area contributed by atoms with Gasteiger partial charge in [-0.05, 0) is 42.8 Å². The van der Waals surface area contributed by atoms with E-state index in [9.17, 15) is 0 Å². The number of thioether (sulfide) groups is 1. The Labute approximate surface area is 104 Å². The van der Waals surface area contributed by atoms with Crippen molar-refractivity contribution in [1.29, 1.82) is 0 Å². The van der Waals surface area contributed by atoms with Crippen molar-refractivity contribution in [2.45, 2.75) is 38.1 Å². The first kappa shape index (κ1) is 13.6. The summed E-state index contributed by atoms with van der Waals surface area (Å²) in [4.78, 5) is 1.39. The summed E-state index contributed by atoms with van der Waals surface area (Å²) in [6.07, 6.45) is 2.66. The minimum Gasteiger partial charge on any atom is -0.316 e. The van der Waals surface area contributed by atoms with Gasteiger partial charge in [0.05, 0.1) is 0 Å². The fourth-order valence-electron chi connectivity index (χ4n) is 1.59. The summed E-state index contributed by atoms with van der Waals surface area (Å²) in [6.45, 7) is 5.53. The molecule has 0 aliphatic heterocycles. The summed E-state index contributed by atoms with van der Waals surface area (Å²) >= 11 is 1.97. The summed E-state index contributed by atoms with van der Waals surface area (Å²) in [5, 5.41) is 3.16. The van der Waals surface area contributed by atoms with Crippen LogP contribution in [0.2, 0.25) is 0 Å². The lowest BCUT2D eigenvalue weighted by molar-refractivity contribution is 0.579. The van der Waals surface area contributed by atoms with E-state index in [2.05, 4.69) is 43.4 Å². The molecule has 90 valence electrons. The Balaban J connectivity index is 2.26. The standard InChI is InChI=1S/C14H23NS/c1-12(2)5-4-10-16-14-8-6-13(7-9-14)11-15-3/h6-9,12,15H,4-5,10-11H2,1-3H3. The summed E-state index contributed by atoms with van der Waals surface area (Å²) in [5.41, 5.74) is 1.36. The zero-order valence-corrected chi connectivity index (χ0v) is 11.4. The highest BCUT2D eigenvalue weighted by Crippen LogP contribution is 2.20. The molecule has 1 aromatic rings. The molecule has 1 aromatic carbocycles. The molecule has 0 fully saturated rings. The lowest BCUT2D eigenvalue weighted by atomic mass is 10.1.